The first-order valence-electron chi connectivity index (χ1n) is 7.63. The molecule has 1 aromatic rings. The Morgan fingerprint density at radius 1 is 1.14 bits per heavy atom. The van der Waals surface area contributed by atoms with Gasteiger partial charge in [-0.2, -0.15) is 0 Å². The van der Waals surface area contributed by atoms with E-state index in [1.165, 1.54) is 0 Å². The average molecular weight is 304 g/mol. The Balaban J connectivity index is 1.85. The van der Waals surface area contributed by atoms with E-state index in [9.17, 15) is 9.59 Å². The maximum absolute atomic E-state index is 12.3. The molecule has 0 aromatic heterocycles. The normalized spacial score (nSPS) is 15.9. The van der Waals surface area contributed by atoms with Gasteiger partial charge in [0.25, 0.3) is 0 Å². The Hall–Kier alpha value is -2.08. The Morgan fingerprint density at radius 3 is 2.41 bits per heavy atom. The fourth-order valence-electron chi connectivity index (χ4n) is 2.36. The smallest absolute Gasteiger partial charge is 0.320 e. The number of anilines is 1. The molecule has 3 amide bonds. The fraction of sp³-hybridized carbons (Fsp3) is 0.500. The van der Waals surface area contributed by atoms with Gasteiger partial charge < -0.3 is 21.3 Å². The second kappa shape index (κ2) is 7.26. The third-order valence-corrected chi connectivity index (χ3v) is 3.70. The summed E-state index contributed by atoms with van der Waals surface area (Å²) in [5.41, 5.74) is -0.279. The fourth-order valence-corrected chi connectivity index (χ4v) is 2.36. The summed E-state index contributed by atoms with van der Waals surface area (Å²) >= 11 is 0. The predicted molar refractivity (Wildman–Crippen MR) is 86.7 cm³/mol. The number of para-hydroxylation sites is 1. The third kappa shape index (κ3) is 4.73. The number of benzene rings is 1. The van der Waals surface area contributed by atoms with Crippen molar-refractivity contribution in [1.29, 1.82) is 0 Å². The summed E-state index contributed by atoms with van der Waals surface area (Å²) in [7, 11) is 0. The van der Waals surface area contributed by atoms with Gasteiger partial charge in [0.05, 0.1) is 0 Å². The van der Waals surface area contributed by atoms with E-state index < -0.39 is 11.6 Å². The predicted octanol–water partition coefficient (Wildman–Crippen LogP) is 1.45. The molecule has 0 spiro atoms. The lowest BCUT2D eigenvalue weighted by Gasteiger charge is -2.30. The molecular formula is C16H24N4O2. The van der Waals surface area contributed by atoms with Crippen LogP contribution < -0.4 is 21.3 Å². The molecule has 1 aliphatic rings. The van der Waals surface area contributed by atoms with Gasteiger partial charge in [-0.25, -0.2) is 4.79 Å². The van der Waals surface area contributed by atoms with E-state index in [0.717, 1.165) is 25.9 Å². The lowest BCUT2D eigenvalue weighted by atomic mass is 10.0. The van der Waals surface area contributed by atoms with Crippen LogP contribution in [0.5, 0.6) is 0 Å². The molecule has 0 bridgehead atoms. The average Bonchev–Trinajstić information content (AvgIpc) is 2.48. The molecule has 1 fully saturated rings. The van der Waals surface area contributed by atoms with E-state index in [1.54, 1.807) is 26.0 Å². The van der Waals surface area contributed by atoms with E-state index in [1.807, 2.05) is 18.2 Å². The van der Waals surface area contributed by atoms with Gasteiger partial charge in [0.2, 0.25) is 5.91 Å². The number of rotatable bonds is 4. The maximum Gasteiger partial charge on any atom is 0.320 e. The number of carbonyl (C=O) groups is 2. The van der Waals surface area contributed by atoms with E-state index in [4.69, 9.17) is 0 Å². The first-order chi connectivity index (χ1) is 10.5. The molecule has 0 atom stereocenters. The summed E-state index contributed by atoms with van der Waals surface area (Å²) in [4.78, 5) is 24.4. The lowest BCUT2D eigenvalue weighted by Crippen LogP contribution is -2.58. The van der Waals surface area contributed by atoms with Crippen molar-refractivity contribution >= 4 is 17.6 Å². The van der Waals surface area contributed by atoms with Crippen molar-refractivity contribution < 1.29 is 9.59 Å². The highest BCUT2D eigenvalue weighted by Crippen LogP contribution is 2.09. The largest absolute Gasteiger partial charge is 0.351 e. The van der Waals surface area contributed by atoms with Crippen molar-refractivity contribution in [2.45, 2.75) is 38.3 Å². The van der Waals surface area contributed by atoms with Gasteiger partial charge in [-0.15, -0.1) is 0 Å². The molecule has 6 heteroatoms. The zero-order chi connectivity index (χ0) is 16.0. The minimum atomic E-state index is -0.969. The van der Waals surface area contributed by atoms with Crippen molar-refractivity contribution in [1.82, 2.24) is 16.0 Å². The van der Waals surface area contributed by atoms with Gasteiger partial charge in [-0.3, -0.25) is 4.79 Å². The number of hydrogen-bond acceptors (Lipinski definition) is 3. The van der Waals surface area contributed by atoms with Crippen LogP contribution in [0.2, 0.25) is 0 Å². The minimum absolute atomic E-state index is 0.164. The van der Waals surface area contributed by atoms with Crippen LogP contribution in [0.4, 0.5) is 10.5 Å². The highest BCUT2D eigenvalue weighted by Gasteiger charge is 2.31. The Bertz CT molecular complexity index is 510. The summed E-state index contributed by atoms with van der Waals surface area (Å²) in [6, 6.07) is 8.92. The molecule has 0 saturated carbocycles. The van der Waals surface area contributed by atoms with Crippen molar-refractivity contribution in [3.63, 3.8) is 0 Å². The number of piperidine rings is 1. The van der Waals surface area contributed by atoms with Gasteiger partial charge >= 0.3 is 6.03 Å². The van der Waals surface area contributed by atoms with Crippen LogP contribution in [0.25, 0.3) is 0 Å². The Kier molecular flexibility index (Phi) is 5.38. The van der Waals surface area contributed by atoms with E-state index >= 15 is 0 Å². The molecule has 0 radical (unpaired) electrons. The van der Waals surface area contributed by atoms with Gasteiger partial charge in [0, 0.05) is 11.7 Å². The van der Waals surface area contributed by atoms with E-state index in [-0.39, 0.29) is 11.9 Å². The van der Waals surface area contributed by atoms with Crippen LogP contribution in [0, 0.1) is 0 Å². The van der Waals surface area contributed by atoms with E-state index in [2.05, 4.69) is 21.3 Å². The summed E-state index contributed by atoms with van der Waals surface area (Å²) in [5, 5.41) is 11.7. The molecular weight excluding hydrogens is 280 g/mol. The summed E-state index contributed by atoms with van der Waals surface area (Å²) in [5.74, 6) is -0.164. The standard InChI is InChI=1S/C16H24N4O2/c1-16(2,14(21)18-13-8-10-17-11-9-13)20-15(22)19-12-6-4-3-5-7-12/h3-7,13,17H,8-11H2,1-2H3,(H,18,21)(H2,19,20,22). The Morgan fingerprint density at radius 2 is 1.77 bits per heavy atom. The monoisotopic (exact) mass is 304 g/mol. The van der Waals surface area contributed by atoms with Gasteiger partial charge in [-0.05, 0) is 51.9 Å². The molecule has 6 nitrogen and oxygen atoms in total. The van der Waals surface area contributed by atoms with E-state index in [0.29, 0.717) is 5.69 Å². The quantitative estimate of drug-likeness (QED) is 0.679. The summed E-state index contributed by atoms with van der Waals surface area (Å²) < 4.78 is 0. The zero-order valence-corrected chi connectivity index (χ0v) is 13.1. The molecule has 4 N–H and O–H groups in total. The number of carbonyl (C=O) groups excluding carboxylic acids is 2. The van der Waals surface area contributed by atoms with Crippen molar-refractivity contribution in [3.05, 3.63) is 30.3 Å². The summed E-state index contributed by atoms with van der Waals surface area (Å²) in [6.45, 7) is 5.22. The molecule has 0 unspecified atom stereocenters. The number of urea groups is 1. The first-order valence-corrected chi connectivity index (χ1v) is 7.63. The van der Waals surface area contributed by atoms with Gasteiger partial charge in [-0.1, -0.05) is 18.2 Å². The van der Waals surface area contributed by atoms with Crippen molar-refractivity contribution in [3.8, 4) is 0 Å². The number of hydrogen-bond donors (Lipinski definition) is 4. The van der Waals surface area contributed by atoms with Crippen molar-refractivity contribution in [2.75, 3.05) is 18.4 Å². The van der Waals surface area contributed by atoms with Gasteiger partial charge in [0.1, 0.15) is 5.54 Å². The van der Waals surface area contributed by atoms with Gasteiger partial charge in [0.15, 0.2) is 0 Å². The molecule has 2 rings (SSSR count). The van der Waals surface area contributed by atoms with Crippen LogP contribution in [-0.4, -0.2) is 36.6 Å². The highest BCUT2D eigenvalue weighted by atomic mass is 16.2. The molecule has 0 aliphatic carbocycles. The minimum Gasteiger partial charge on any atom is -0.351 e. The van der Waals surface area contributed by atoms with Crippen LogP contribution >= 0.6 is 0 Å². The highest BCUT2D eigenvalue weighted by molar-refractivity contribution is 5.95. The maximum atomic E-state index is 12.3. The van der Waals surface area contributed by atoms with Crippen LogP contribution in [-0.2, 0) is 4.79 Å². The second-order valence-electron chi connectivity index (χ2n) is 6.07. The number of amides is 3. The zero-order valence-electron chi connectivity index (χ0n) is 13.1. The second-order valence-corrected chi connectivity index (χ2v) is 6.07. The van der Waals surface area contributed by atoms with Crippen LogP contribution in [0.1, 0.15) is 26.7 Å². The van der Waals surface area contributed by atoms with Crippen molar-refractivity contribution in [2.24, 2.45) is 0 Å². The summed E-state index contributed by atoms with van der Waals surface area (Å²) in [6.07, 6.45) is 1.83. The third-order valence-electron chi connectivity index (χ3n) is 3.70. The molecule has 120 valence electrons. The molecule has 22 heavy (non-hydrogen) atoms. The lowest BCUT2D eigenvalue weighted by molar-refractivity contribution is -0.126. The molecule has 1 aromatic carbocycles. The molecule has 1 heterocycles. The van der Waals surface area contributed by atoms with Crippen LogP contribution in [0.15, 0.2) is 30.3 Å². The first kappa shape index (κ1) is 16.3. The molecule has 1 aliphatic heterocycles. The Labute approximate surface area is 131 Å². The molecule has 1 saturated heterocycles. The SMILES string of the molecule is CC(C)(NC(=O)Nc1ccccc1)C(=O)NC1CCNCC1. The number of nitrogens with one attached hydrogen (secondary N) is 4. The topological polar surface area (TPSA) is 82.3 Å². The van der Waals surface area contributed by atoms with Crippen LogP contribution in [0.3, 0.4) is 0 Å².